The van der Waals surface area contributed by atoms with Gasteiger partial charge < -0.3 is 10.4 Å². The van der Waals surface area contributed by atoms with E-state index in [1.54, 1.807) is 12.1 Å². The summed E-state index contributed by atoms with van der Waals surface area (Å²) in [7, 11) is 0. The predicted molar refractivity (Wildman–Crippen MR) is 92.8 cm³/mol. The molecule has 1 aromatic heterocycles. The van der Waals surface area contributed by atoms with E-state index in [-0.39, 0.29) is 23.6 Å². The fraction of sp³-hybridized carbons (Fsp3) is 0.0769. The van der Waals surface area contributed by atoms with Crippen LogP contribution in [0.15, 0.2) is 24.3 Å². The van der Waals surface area contributed by atoms with Crippen LogP contribution in [0, 0.1) is 3.57 Å². The van der Waals surface area contributed by atoms with Crippen molar-refractivity contribution >= 4 is 74.7 Å². The Balaban J connectivity index is 2.20. The third-order valence-corrected chi connectivity index (χ3v) is 5.28. The molecule has 0 unspecified atom stereocenters. The Hall–Kier alpha value is -0.830. The Morgan fingerprint density at radius 3 is 2.57 bits per heavy atom. The topological polar surface area (TPSA) is 66.4 Å². The minimum atomic E-state index is -1.13. The van der Waals surface area contributed by atoms with E-state index in [4.69, 9.17) is 23.2 Å². The molecule has 1 heterocycles. The molecule has 2 rings (SSSR count). The van der Waals surface area contributed by atoms with E-state index in [9.17, 15) is 14.7 Å². The SMILES string of the molecule is O=C(Cc1ccc(Cl)s1)Nc1cc(Cl)c(I)cc1C(=O)O. The molecule has 1 aromatic carbocycles. The van der Waals surface area contributed by atoms with Crippen LogP contribution < -0.4 is 5.32 Å². The molecule has 1 amide bonds. The van der Waals surface area contributed by atoms with Gasteiger partial charge in [-0.2, -0.15) is 0 Å². The van der Waals surface area contributed by atoms with Crippen LogP contribution in [0.3, 0.4) is 0 Å². The van der Waals surface area contributed by atoms with Gasteiger partial charge in [0.2, 0.25) is 5.91 Å². The molecule has 0 fully saturated rings. The lowest BCUT2D eigenvalue weighted by atomic mass is 10.1. The van der Waals surface area contributed by atoms with Crippen LogP contribution in [0.5, 0.6) is 0 Å². The number of thiophene rings is 1. The second-order valence-corrected chi connectivity index (χ2v) is 7.42. The summed E-state index contributed by atoms with van der Waals surface area (Å²) >= 11 is 15.0. The van der Waals surface area contributed by atoms with Crippen LogP contribution in [0.4, 0.5) is 5.69 Å². The van der Waals surface area contributed by atoms with E-state index in [0.29, 0.717) is 12.9 Å². The van der Waals surface area contributed by atoms with Gasteiger partial charge in [-0.05, 0) is 46.9 Å². The number of benzene rings is 1. The molecule has 0 bridgehead atoms. The zero-order chi connectivity index (χ0) is 15.6. The number of carboxylic acids is 1. The lowest BCUT2D eigenvalue weighted by Gasteiger charge is -2.10. The summed E-state index contributed by atoms with van der Waals surface area (Å²) in [6, 6.07) is 6.32. The van der Waals surface area contributed by atoms with Crippen molar-refractivity contribution in [2.45, 2.75) is 6.42 Å². The fourth-order valence-corrected chi connectivity index (χ4v) is 3.34. The first-order chi connectivity index (χ1) is 9.86. The Kier molecular flexibility index (Phi) is 5.48. The fourth-order valence-electron chi connectivity index (χ4n) is 1.63. The molecule has 8 heteroatoms. The number of carbonyl (C=O) groups is 2. The molecule has 2 aromatic rings. The molecule has 4 nitrogen and oxygen atoms in total. The first kappa shape index (κ1) is 16.5. The van der Waals surface area contributed by atoms with Crippen molar-refractivity contribution in [2.75, 3.05) is 5.32 Å². The van der Waals surface area contributed by atoms with Gasteiger partial charge in [-0.25, -0.2) is 4.79 Å². The summed E-state index contributed by atoms with van der Waals surface area (Å²) in [5.74, 6) is -1.45. The minimum Gasteiger partial charge on any atom is -0.478 e. The van der Waals surface area contributed by atoms with Crippen molar-refractivity contribution in [3.8, 4) is 0 Å². The van der Waals surface area contributed by atoms with Crippen LogP contribution >= 0.6 is 57.1 Å². The number of aromatic carboxylic acids is 1. The lowest BCUT2D eigenvalue weighted by molar-refractivity contribution is -0.115. The number of hydrogen-bond donors (Lipinski definition) is 2. The van der Waals surface area contributed by atoms with Gasteiger partial charge >= 0.3 is 5.97 Å². The Bertz CT molecular complexity index is 717. The van der Waals surface area contributed by atoms with E-state index >= 15 is 0 Å². The summed E-state index contributed by atoms with van der Waals surface area (Å²) in [4.78, 5) is 24.0. The Morgan fingerprint density at radius 2 is 2.00 bits per heavy atom. The van der Waals surface area contributed by atoms with Crippen molar-refractivity contribution in [3.05, 3.63) is 47.6 Å². The minimum absolute atomic E-state index is 0.00126. The van der Waals surface area contributed by atoms with Crippen molar-refractivity contribution in [2.24, 2.45) is 0 Å². The van der Waals surface area contributed by atoms with E-state index in [2.05, 4.69) is 5.32 Å². The predicted octanol–water partition coefficient (Wildman–Crippen LogP) is 4.54. The number of anilines is 1. The molecule has 0 aliphatic heterocycles. The number of halogens is 3. The van der Waals surface area contributed by atoms with Crippen molar-refractivity contribution in [1.29, 1.82) is 0 Å². The number of carbonyl (C=O) groups excluding carboxylic acids is 1. The van der Waals surface area contributed by atoms with Crippen molar-refractivity contribution in [1.82, 2.24) is 0 Å². The second-order valence-electron chi connectivity index (χ2n) is 4.05. The van der Waals surface area contributed by atoms with E-state index in [0.717, 1.165) is 4.88 Å². The van der Waals surface area contributed by atoms with Gasteiger partial charge in [0.25, 0.3) is 0 Å². The van der Waals surface area contributed by atoms with Gasteiger partial charge in [0.1, 0.15) is 0 Å². The zero-order valence-corrected chi connectivity index (χ0v) is 14.8. The molecule has 0 saturated carbocycles. The Labute approximate surface area is 148 Å². The van der Waals surface area contributed by atoms with Gasteiger partial charge in [-0.3, -0.25) is 4.79 Å². The third kappa shape index (κ3) is 4.32. The maximum Gasteiger partial charge on any atom is 0.337 e. The molecule has 0 saturated heterocycles. The number of rotatable bonds is 4. The largest absolute Gasteiger partial charge is 0.478 e. The molecular weight excluding hydrogens is 448 g/mol. The smallest absolute Gasteiger partial charge is 0.337 e. The van der Waals surface area contributed by atoms with E-state index < -0.39 is 5.97 Å². The number of hydrogen-bond acceptors (Lipinski definition) is 3. The monoisotopic (exact) mass is 455 g/mol. The standard InChI is InChI=1S/C13H8Cl2INO3S/c14-8-5-10(7(13(19)20)4-9(8)16)17-12(18)3-6-1-2-11(15)21-6/h1-2,4-5H,3H2,(H,17,18)(H,19,20). The second kappa shape index (κ2) is 6.95. The molecular formula is C13H8Cl2INO3S. The molecule has 21 heavy (non-hydrogen) atoms. The summed E-state index contributed by atoms with van der Waals surface area (Å²) in [5, 5.41) is 12.1. The third-order valence-electron chi connectivity index (χ3n) is 2.53. The number of carboxylic acid groups (broad SMARTS) is 1. The van der Waals surface area contributed by atoms with Crippen LogP contribution in [0.1, 0.15) is 15.2 Å². The van der Waals surface area contributed by atoms with Gasteiger partial charge in [-0.15, -0.1) is 11.3 Å². The zero-order valence-electron chi connectivity index (χ0n) is 10.3. The highest BCUT2D eigenvalue weighted by Crippen LogP contribution is 2.27. The summed E-state index contributed by atoms with van der Waals surface area (Å²) in [6.07, 6.45) is 0.125. The molecule has 2 N–H and O–H groups in total. The van der Waals surface area contributed by atoms with Gasteiger partial charge in [0.15, 0.2) is 0 Å². The van der Waals surface area contributed by atoms with Crippen LogP contribution in [0.2, 0.25) is 9.36 Å². The van der Waals surface area contributed by atoms with Crippen LogP contribution in [0.25, 0.3) is 0 Å². The highest BCUT2D eigenvalue weighted by Gasteiger charge is 2.16. The van der Waals surface area contributed by atoms with E-state index in [1.165, 1.54) is 23.5 Å². The molecule has 0 radical (unpaired) electrons. The normalized spacial score (nSPS) is 10.4. The maximum absolute atomic E-state index is 12.0. The summed E-state index contributed by atoms with van der Waals surface area (Å²) < 4.78 is 1.20. The van der Waals surface area contributed by atoms with E-state index in [1.807, 2.05) is 22.6 Å². The average Bonchev–Trinajstić information content (AvgIpc) is 2.78. The molecule has 0 aliphatic carbocycles. The highest BCUT2D eigenvalue weighted by atomic mass is 127. The molecule has 110 valence electrons. The van der Waals surface area contributed by atoms with Crippen molar-refractivity contribution < 1.29 is 14.7 Å². The highest BCUT2D eigenvalue weighted by molar-refractivity contribution is 14.1. The molecule has 0 atom stereocenters. The van der Waals surface area contributed by atoms with Gasteiger partial charge in [-0.1, -0.05) is 23.2 Å². The summed E-state index contributed by atoms with van der Waals surface area (Å²) in [6.45, 7) is 0. The first-order valence-electron chi connectivity index (χ1n) is 5.63. The summed E-state index contributed by atoms with van der Waals surface area (Å²) in [5.41, 5.74) is 0.182. The van der Waals surface area contributed by atoms with Crippen molar-refractivity contribution in [3.63, 3.8) is 0 Å². The molecule has 0 spiro atoms. The Morgan fingerprint density at radius 1 is 1.29 bits per heavy atom. The lowest BCUT2D eigenvalue weighted by Crippen LogP contribution is -2.16. The van der Waals surface area contributed by atoms with Crippen LogP contribution in [-0.4, -0.2) is 17.0 Å². The first-order valence-corrected chi connectivity index (χ1v) is 8.28. The van der Waals surface area contributed by atoms with Gasteiger partial charge in [0.05, 0.1) is 27.0 Å². The van der Waals surface area contributed by atoms with Gasteiger partial charge in [0, 0.05) is 8.45 Å². The number of amides is 1. The average molecular weight is 456 g/mol. The quantitative estimate of drug-likeness (QED) is 0.665. The van der Waals surface area contributed by atoms with Crippen LogP contribution in [-0.2, 0) is 11.2 Å². The maximum atomic E-state index is 12.0. The molecule has 0 aliphatic rings. The number of nitrogens with one attached hydrogen (secondary N) is 1.